The van der Waals surface area contributed by atoms with Crippen molar-refractivity contribution in [2.45, 2.75) is 13.5 Å². The van der Waals surface area contributed by atoms with Gasteiger partial charge in [-0.05, 0) is 47.1 Å². The highest BCUT2D eigenvalue weighted by atomic mass is 79.9. The maximum atomic E-state index is 13.1. The van der Waals surface area contributed by atoms with E-state index in [9.17, 15) is 4.39 Å². The van der Waals surface area contributed by atoms with E-state index in [1.807, 2.05) is 20.0 Å². The molecule has 0 aliphatic rings. The van der Waals surface area contributed by atoms with Crippen LogP contribution in [0.3, 0.4) is 0 Å². The highest BCUT2D eigenvalue weighted by Gasteiger charge is 2.05. The largest absolute Gasteiger partial charge is 0.316 e. The molecule has 3 heteroatoms. The zero-order chi connectivity index (χ0) is 9.14. The molecule has 1 aromatic rings. The molecule has 0 amide bonds. The van der Waals surface area contributed by atoms with Crippen molar-refractivity contribution < 1.29 is 4.39 Å². The minimum Gasteiger partial charge on any atom is -0.316 e. The van der Waals surface area contributed by atoms with Gasteiger partial charge in [-0.25, -0.2) is 4.39 Å². The smallest absolute Gasteiger partial charge is 0.137 e. The molecule has 0 aromatic heterocycles. The van der Waals surface area contributed by atoms with Crippen LogP contribution in [-0.2, 0) is 6.54 Å². The third-order valence-corrected chi connectivity index (χ3v) is 2.50. The Hall–Kier alpha value is -0.410. The van der Waals surface area contributed by atoms with Crippen molar-refractivity contribution in [3.8, 4) is 0 Å². The van der Waals surface area contributed by atoms with Crippen LogP contribution in [0.2, 0.25) is 0 Å². The molecule has 0 aliphatic carbocycles. The zero-order valence-corrected chi connectivity index (χ0v) is 8.70. The van der Waals surface area contributed by atoms with Crippen molar-refractivity contribution in [1.82, 2.24) is 5.32 Å². The number of benzene rings is 1. The number of aryl methyl sites for hydroxylation is 1. The SMILES string of the molecule is CNCc1cc(C)cc(F)c1Br. The molecule has 1 aromatic carbocycles. The summed E-state index contributed by atoms with van der Waals surface area (Å²) in [5.41, 5.74) is 1.90. The van der Waals surface area contributed by atoms with Crippen LogP contribution in [0.15, 0.2) is 16.6 Å². The quantitative estimate of drug-likeness (QED) is 0.826. The first-order valence-corrected chi connectivity index (χ1v) is 4.53. The van der Waals surface area contributed by atoms with Crippen LogP contribution in [0.1, 0.15) is 11.1 Å². The Morgan fingerprint density at radius 3 is 2.75 bits per heavy atom. The van der Waals surface area contributed by atoms with E-state index in [0.717, 1.165) is 11.1 Å². The lowest BCUT2D eigenvalue weighted by Crippen LogP contribution is -2.06. The first kappa shape index (κ1) is 9.68. The van der Waals surface area contributed by atoms with Crippen LogP contribution in [0, 0.1) is 12.7 Å². The fraction of sp³-hybridized carbons (Fsp3) is 0.333. The second-order valence-corrected chi connectivity index (χ2v) is 3.54. The van der Waals surface area contributed by atoms with Gasteiger partial charge in [0.1, 0.15) is 5.82 Å². The standard InChI is InChI=1S/C9H11BrFN/c1-6-3-7(5-12-2)9(10)8(11)4-6/h3-4,12H,5H2,1-2H3. The number of hydrogen-bond acceptors (Lipinski definition) is 1. The van der Waals surface area contributed by atoms with Gasteiger partial charge in [0.15, 0.2) is 0 Å². The van der Waals surface area contributed by atoms with Crippen molar-refractivity contribution in [3.05, 3.63) is 33.5 Å². The first-order chi connectivity index (χ1) is 5.65. The molecule has 1 rings (SSSR count). The van der Waals surface area contributed by atoms with Crippen molar-refractivity contribution in [2.75, 3.05) is 7.05 Å². The van der Waals surface area contributed by atoms with Crippen LogP contribution in [0.5, 0.6) is 0 Å². The summed E-state index contributed by atoms with van der Waals surface area (Å²) in [4.78, 5) is 0. The van der Waals surface area contributed by atoms with Crippen LogP contribution in [-0.4, -0.2) is 7.05 Å². The predicted octanol–water partition coefficient (Wildman–Crippen LogP) is 2.62. The van der Waals surface area contributed by atoms with E-state index < -0.39 is 0 Å². The molecule has 12 heavy (non-hydrogen) atoms. The summed E-state index contributed by atoms with van der Waals surface area (Å²) in [6.45, 7) is 2.56. The lowest BCUT2D eigenvalue weighted by Gasteiger charge is -2.05. The van der Waals surface area contributed by atoms with Gasteiger partial charge >= 0.3 is 0 Å². The van der Waals surface area contributed by atoms with Gasteiger partial charge in [-0.1, -0.05) is 6.07 Å². The molecule has 0 fully saturated rings. The minimum atomic E-state index is -0.194. The van der Waals surface area contributed by atoms with Gasteiger partial charge in [0, 0.05) is 6.54 Å². The van der Waals surface area contributed by atoms with Gasteiger partial charge in [-0.15, -0.1) is 0 Å². The molecule has 0 heterocycles. The molecule has 0 unspecified atom stereocenters. The van der Waals surface area contributed by atoms with Crippen LogP contribution in [0.25, 0.3) is 0 Å². The summed E-state index contributed by atoms with van der Waals surface area (Å²) < 4.78 is 13.6. The fourth-order valence-electron chi connectivity index (χ4n) is 1.12. The monoisotopic (exact) mass is 231 g/mol. The molecular weight excluding hydrogens is 221 g/mol. The summed E-state index contributed by atoms with van der Waals surface area (Å²) in [6, 6.07) is 3.48. The third kappa shape index (κ3) is 2.05. The number of rotatable bonds is 2. The molecule has 0 saturated heterocycles. The van der Waals surface area contributed by atoms with Gasteiger partial charge in [0.05, 0.1) is 4.47 Å². The maximum absolute atomic E-state index is 13.1. The molecule has 66 valence electrons. The number of hydrogen-bond donors (Lipinski definition) is 1. The topological polar surface area (TPSA) is 12.0 Å². The van der Waals surface area contributed by atoms with E-state index in [4.69, 9.17) is 0 Å². The molecule has 0 atom stereocenters. The lowest BCUT2D eigenvalue weighted by molar-refractivity contribution is 0.615. The number of nitrogens with one attached hydrogen (secondary N) is 1. The average Bonchev–Trinajstić information content (AvgIpc) is 2.00. The van der Waals surface area contributed by atoms with Gasteiger partial charge in [0.25, 0.3) is 0 Å². The van der Waals surface area contributed by atoms with Crippen molar-refractivity contribution in [1.29, 1.82) is 0 Å². The molecule has 0 saturated carbocycles. The summed E-state index contributed by atoms with van der Waals surface area (Å²) in [6.07, 6.45) is 0. The molecular formula is C9H11BrFN. The second kappa shape index (κ2) is 4.01. The summed E-state index contributed by atoms with van der Waals surface area (Å²) in [5.74, 6) is -0.194. The van der Waals surface area contributed by atoms with Crippen molar-refractivity contribution in [3.63, 3.8) is 0 Å². The summed E-state index contributed by atoms with van der Waals surface area (Å²) in [7, 11) is 1.84. The van der Waals surface area contributed by atoms with Gasteiger partial charge in [-0.2, -0.15) is 0 Å². The lowest BCUT2D eigenvalue weighted by atomic mass is 10.1. The van der Waals surface area contributed by atoms with Crippen LogP contribution < -0.4 is 5.32 Å². The minimum absolute atomic E-state index is 0.194. The Balaban J connectivity index is 3.09. The molecule has 0 radical (unpaired) electrons. The molecule has 0 spiro atoms. The molecule has 1 N–H and O–H groups in total. The van der Waals surface area contributed by atoms with Gasteiger partial charge in [-0.3, -0.25) is 0 Å². The molecule has 0 bridgehead atoms. The van der Waals surface area contributed by atoms with Gasteiger partial charge < -0.3 is 5.32 Å². The maximum Gasteiger partial charge on any atom is 0.137 e. The van der Waals surface area contributed by atoms with E-state index >= 15 is 0 Å². The van der Waals surface area contributed by atoms with Gasteiger partial charge in [0.2, 0.25) is 0 Å². The third-order valence-electron chi connectivity index (χ3n) is 1.62. The first-order valence-electron chi connectivity index (χ1n) is 3.74. The van der Waals surface area contributed by atoms with E-state index in [0.29, 0.717) is 11.0 Å². The number of halogens is 2. The Bertz CT molecular complexity index is 286. The van der Waals surface area contributed by atoms with Crippen LogP contribution >= 0.6 is 15.9 Å². The van der Waals surface area contributed by atoms with E-state index in [1.54, 1.807) is 0 Å². The van der Waals surface area contributed by atoms with Crippen LogP contribution in [0.4, 0.5) is 4.39 Å². The Kier molecular flexibility index (Phi) is 3.23. The van der Waals surface area contributed by atoms with E-state index in [-0.39, 0.29) is 5.82 Å². The average molecular weight is 232 g/mol. The summed E-state index contributed by atoms with van der Waals surface area (Å²) >= 11 is 3.20. The van der Waals surface area contributed by atoms with Crippen molar-refractivity contribution in [2.24, 2.45) is 0 Å². The molecule has 1 nitrogen and oxygen atoms in total. The van der Waals surface area contributed by atoms with E-state index in [2.05, 4.69) is 21.2 Å². The normalized spacial score (nSPS) is 10.3. The Morgan fingerprint density at radius 1 is 1.50 bits per heavy atom. The summed E-state index contributed by atoms with van der Waals surface area (Å²) in [5, 5.41) is 2.98. The fourth-order valence-corrected chi connectivity index (χ4v) is 1.48. The highest BCUT2D eigenvalue weighted by Crippen LogP contribution is 2.22. The second-order valence-electron chi connectivity index (χ2n) is 2.75. The Labute approximate surface area is 80.1 Å². The predicted molar refractivity (Wildman–Crippen MR) is 51.6 cm³/mol. The Morgan fingerprint density at radius 2 is 2.17 bits per heavy atom. The highest BCUT2D eigenvalue weighted by molar-refractivity contribution is 9.10. The molecule has 0 aliphatic heterocycles. The van der Waals surface area contributed by atoms with Crippen molar-refractivity contribution >= 4 is 15.9 Å². The zero-order valence-electron chi connectivity index (χ0n) is 7.12. The van der Waals surface area contributed by atoms with E-state index in [1.165, 1.54) is 6.07 Å².